The Kier molecular flexibility index (Phi) is 9.25. The van der Waals surface area contributed by atoms with Crippen LogP contribution in [0.4, 0.5) is 0 Å². The molecule has 184 valence electrons. The van der Waals surface area contributed by atoms with Gasteiger partial charge in [-0.25, -0.2) is 13.8 Å². The lowest BCUT2D eigenvalue weighted by Crippen LogP contribution is -2.40. The number of hydrogen-bond donors (Lipinski definition) is 2. The number of hydrogen-bond acceptors (Lipinski definition) is 6. The molecule has 2 N–H and O–H groups in total. The molecule has 8 nitrogen and oxygen atoms in total. The molecule has 3 aromatic rings. The average molecular weight is 516 g/mol. The third-order valence-corrected chi connectivity index (χ3v) is 7.06. The maximum Gasteiger partial charge on any atom is 0.255 e. The summed E-state index contributed by atoms with van der Waals surface area (Å²) in [4.78, 5) is 12.6. The molecule has 0 unspecified atom stereocenters. The van der Waals surface area contributed by atoms with Gasteiger partial charge in [0.05, 0.1) is 24.3 Å². The molecule has 0 atom stereocenters. The fourth-order valence-electron chi connectivity index (χ4n) is 3.19. The molecule has 0 saturated heterocycles. The zero-order chi connectivity index (χ0) is 25.3. The lowest BCUT2D eigenvalue weighted by atomic mass is 10.1. The number of nitrogens with zero attached hydrogens (tertiary/aromatic N) is 2. The molecule has 10 heteroatoms. The number of phenolic OH excluding ortho intramolecular Hbond substituents is 1. The summed E-state index contributed by atoms with van der Waals surface area (Å²) in [5.74, 6) is -0.311. The maximum atomic E-state index is 13.3. The van der Waals surface area contributed by atoms with Crippen molar-refractivity contribution >= 4 is 33.7 Å². The number of ether oxygens (including phenoxy) is 1. The van der Waals surface area contributed by atoms with Crippen molar-refractivity contribution in [1.29, 1.82) is 0 Å². The van der Waals surface area contributed by atoms with Crippen LogP contribution in [-0.2, 0) is 21.2 Å². The van der Waals surface area contributed by atoms with Crippen molar-refractivity contribution in [2.24, 2.45) is 5.10 Å². The van der Waals surface area contributed by atoms with Crippen molar-refractivity contribution in [2.45, 2.75) is 18.2 Å². The van der Waals surface area contributed by atoms with E-state index in [0.29, 0.717) is 29.4 Å². The topological polar surface area (TPSA) is 108 Å². The monoisotopic (exact) mass is 515 g/mol. The van der Waals surface area contributed by atoms with Crippen LogP contribution >= 0.6 is 11.6 Å². The van der Waals surface area contributed by atoms with E-state index in [4.69, 9.17) is 16.3 Å². The second kappa shape index (κ2) is 12.3. The van der Waals surface area contributed by atoms with Gasteiger partial charge in [-0.1, -0.05) is 41.9 Å². The normalized spacial score (nSPS) is 11.6. The first-order valence-electron chi connectivity index (χ1n) is 10.9. The predicted molar refractivity (Wildman–Crippen MR) is 135 cm³/mol. The number of carbonyl (C=O) groups excluding carboxylic acids is 1. The number of halogens is 1. The minimum absolute atomic E-state index is 0.00509. The SMILES string of the molecule is CCOc1cc(/C=N\NC(=O)CN(CCc2ccccc2)S(=O)(=O)c2ccc(Cl)cc2)ccc1O. The van der Waals surface area contributed by atoms with E-state index in [1.54, 1.807) is 19.1 Å². The Morgan fingerprint density at radius 1 is 1.11 bits per heavy atom. The Morgan fingerprint density at radius 3 is 2.51 bits per heavy atom. The molecular weight excluding hydrogens is 490 g/mol. The number of sulfonamides is 1. The number of phenols is 1. The van der Waals surface area contributed by atoms with E-state index in [1.807, 2.05) is 30.3 Å². The first-order chi connectivity index (χ1) is 16.8. The number of amides is 1. The number of carbonyl (C=O) groups is 1. The first-order valence-corrected chi connectivity index (χ1v) is 12.7. The molecular formula is C25H26ClN3O5S. The minimum atomic E-state index is -3.96. The van der Waals surface area contributed by atoms with Crippen molar-refractivity contribution in [3.8, 4) is 11.5 Å². The van der Waals surface area contributed by atoms with Crippen LogP contribution in [0, 0.1) is 0 Å². The van der Waals surface area contributed by atoms with Crippen LogP contribution in [0.15, 0.2) is 82.8 Å². The first kappa shape index (κ1) is 26.2. The van der Waals surface area contributed by atoms with Crippen molar-refractivity contribution in [3.05, 3.63) is 88.9 Å². The lowest BCUT2D eigenvalue weighted by molar-refractivity contribution is -0.121. The van der Waals surface area contributed by atoms with Crippen molar-refractivity contribution in [2.75, 3.05) is 19.7 Å². The third kappa shape index (κ3) is 7.54. The van der Waals surface area contributed by atoms with Gasteiger partial charge in [0.1, 0.15) is 0 Å². The Labute approximate surface area is 209 Å². The van der Waals surface area contributed by atoms with Gasteiger partial charge in [-0.05, 0) is 66.9 Å². The largest absolute Gasteiger partial charge is 0.504 e. The minimum Gasteiger partial charge on any atom is -0.504 e. The standard InChI is InChI=1S/C25H26ClN3O5S/c1-2-34-24-16-20(8-13-23(24)30)17-27-28-25(31)18-29(15-14-19-6-4-3-5-7-19)35(32,33)22-11-9-21(26)10-12-22/h3-13,16-17,30H,2,14-15,18H2,1H3,(H,28,31)/b27-17-. The number of aromatic hydroxyl groups is 1. The highest BCUT2D eigenvalue weighted by Crippen LogP contribution is 2.26. The molecule has 3 aromatic carbocycles. The van der Waals surface area contributed by atoms with Crippen LogP contribution in [0.1, 0.15) is 18.1 Å². The number of benzene rings is 3. The molecule has 3 rings (SSSR count). The number of rotatable bonds is 11. The van der Waals surface area contributed by atoms with E-state index >= 15 is 0 Å². The van der Waals surface area contributed by atoms with Gasteiger partial charge in [-0.2, -0.15) is 9.41 Å². The van der Waals surface area contributed by atoms with Gasteiger partial charge in [0.2, 0.25) is 10.0 Å². The summed E-state index contributed by atoms with van der Waals surface area (Å²) in [5.41, 5.74) is 3.89. The summed E-state index contributed by atoms with van der Waals surface area (Å²) < 4.78 is 32.9. The van der Waals surface area contributed by atoms with Gasteiger partial charge < -0.3 is 9.84 Å². The Morgan fingerprint density at radius 2 is 1.83 bits per heavy atom. The average Bonchev–Trinajstić information content (AvgIpc) is 2.84. The molecule has 0 aliphatic rings. The molecule has 1 amide bonds. The van der Waals surface area contributed by atoms with E-state index in [-0.39, 0.29) is 17.2 Å². The predicted octanol–water partition coefficient (Wildman–Crippen LogP) is 3.83. The highest BCUT2D eigenvalue weighted by atomic mass is 35.5. The van der Waals surface area contributed by atoms with E-state index in [1.165, 1.54) is 36.5 Å². The Hall–Kier alpha value is -3.40. The van der Waals surface area contributed by atoms with Gasteiger partial charge in [-0.15, -0.1) is 0 Å². The second-order valence-corrected chi connectivity index (χ2v) is 9.86. The number of hydrazone groups is 1. The molecule has 0 spiro atoms. The van der Waals surface area contributed by atoms with Gasteiger partial charge in [0.25, 0.3) is 5.91 Å². The molecule has 0 aliphatic heterocycles. The van der Waals surface area contributed by atoms with Crippen LogP contribution in [-0.4, -0.2) is 49.6 Å². The van der Waals surface area contributed by atoms with Gasteiger partial charge in [0, 0.05) is 11.6 Å². The summed E-state index contributed by atoms with van der Waals surface area (Å²) in [6.07, 6.45) is 1.81. The third-order valence-electron chi connectivity index (χ3n) is 4.95. The molecule has 0 aromatic heterocycles. The summed E-state index contributed by atoms with van der Waals surface area (Å²) in [6.45, 7) is 1.85. The molecule has 0 saturated carbocycles. The fraction of sp³-hybridized carbons (Fsp3) is 0.200. The van der Waals surface area contributed by atoms with Crippen molar-refractivity contribution < 1.29 is 23.1 Å². The molecule has 0 bridgehead atoms. The summed E-state index contributed by atoms with van der Waals surface area (Å²) in [6, 6.07) is 19.8. The van der Waals surface area contributed by atoms with E-state index in [2.05, 4.69) is 10.5 Å². The van der Waals surface area contributed by atoms with E-state index in [9.17, 15) is 18.3 Å². The van der Waals surface area contributed by atoms with Crippen LogP contribution in [0.25, 0.3) is 0 Å². The quantitative estimate of drug-likeness (QED) is 0.298. The number of nitrogens with one attached hydrogen (secondary N) is 1. The Bertz CT molecular complexity index is 1270. The van der Waals surface area contributed by atoms with E-state index < -0.39 is 22.5 Å². The Balaban J connectivity index is 1.72. The second-order valence-electron chi connectivity index (χ2n) is 7.48. The van der Waals surface area contributed by atoms with Crippen LogP contribution in [0.2, 0.25) is 5.02 Å². The van der Waals surface area contributed by atoms with Gasteiger partial charge in [-0.3, -0.25) is 4.79 Å². The molecule has 0 aliphatic carbocycles. The highest BCUT2D eigenvalue weighted by molar-refractivity contribution is 7.89. The highest BCUT2D eigenvalue weighted by Gasteiger charge is 2.26. The van der Waals surface area contributed by atoms with Crippen LogP contribution in [0.5, 0.6) is 11.5 Å². The molecule has 35 heavy (non-hydrogen) atoms. The summed E-state index contributed by atoms with van der Waals surface area (Å²) >= 11 is 5.90. The zero-order valence-corrected chi connectivity index (χ0v) is 20.7. The maximum absolute atomic E-state index is 13.3. The van der Waals surface area contributed by atoms with Gasteiger partial charge in [0.15, 0.2) is 11.5 Å². The van der Waals surface area contributed by atoms with Gasteiger partial charge >= 0.3 is 0 Å². The van der Waals surface area contributed by atoms with Crippen LogP contribution in [0.3, 0.4) is 0 Å². The molecule has 0 radical (unpaired) electrons. The smallest absolute Gasteiger partial charge is 0.255 e. The van der Waals surface area contributed by atoms with E-state index in [0.717, 1.165) is 9.87 Å². The fourth-order valence-corrected chi connectivity index (χ4v) is 4.72. The molecule has 0 fully saturated rings. The zero-order valence-electron chi connectivity index (χ0n) is 19.1. The summed E-state index contributed by atoms with van der Waals surface area (Å²) in [7, 11) is -3.96. The summed E-state index contributed by atoms with van der Waals surface area (Å²) in [5, 5.41) is 14.1. The van der Waals surface area contributed by atoms with Crippen molar-refractivity contribution in [3.63, 3.8) is 0 Å². The van der Waals surface area contributed by atoms with Crippen LogP contribution < -0.4 is 10.2 Å². The lowest BCUT2D eigenvalue weighted by Gasteiger charge is -2.21. The van der Waals surface area contributed by atoms with Crippen molar-refractivity contribution in [1.82, 2.24) is 9.73 Å². The molecule has 0 heterocycles.